The summed E-state index contributed by atoms with van der Waals surface area (Å²) in [5, 5.41) is 29.0. The zero-order chi connectivity index (χ0) is 31.8. The SMILES string of the molecule is Cc1cc(C#N)cc(C(=O)NC2CCS(O)(O)C2)c1NC(=O)c1cc(Cn2nnc(C(F)(F)F)n2)nn1-c1ncccc1Cl. The van der Waals surface area contributed by atoms with Gasteiger partial charge in [0.2, 0.25) is 0 Å². The minimum atomic E-state index is -4.81. The van der Waals surface area contributed by atoms with Crippen molar-refractivity contribution in [1.29, 1.82) is 5.26 Å². The number of halogens is 4. The number of carbonyl (C=O) groups is 2. The lowest BCUT2D eigenvalue weighted by molar-refractivity contribution is -0.145. The van der Waals surface area contributed by atoms with E-state index in [4.69, 9.17) is 11.6 Å². The third kappa shape index (κ3) is 6.65. The molecule has 5 rings (SSSR count). The summed E-state index contributed by atoms with van der Waals surface area (Å²) in [6.45, 7) is 1.18. The second-order valence-corrected chi connectivity index (χ2v) is 12.5. The van der Waals surface area contributed by atoms with Crippen molar-refractivity contribution in [3.63, 3.8) is 0 Å². The number of aryl methyl sites for hydroxylation is 1. The summed E-state index contributed by atoms with van der Waals surface area (Å²) in [7, 11) is -2.80. The predicted octanol–water partition coefficient (Wildman–Crippen LogP) is 3.66. The molecule has 1 aliphatic rings. The average Bonchev–Trinajstić information content (AvgIpc) is 3.68. The number of hydrogen-bond donors (Lipinski definition) is 4. The number of aromatic nitrogens is 7. The van der Waals surface area contributed by atoms with Crippen molar-refractivity contribution in [1.82, 2.24) is 40.3 Å². The van der Waals surface area contributed by atoms with Crippen LogP contribution in [0.4, 0.5) is 18.9 Å². The Morgan fingerprint density at radius 2 is 2.00 bits per heavy atom. The maximum Gasteiger partial charge on any atom is 0.455 e. The summed E-state index contributed by atoms with van der Waals surface area (Å²) in [4.78, 5) is 31.9. The maximum atomic E-state index is 13.7. The lowest BCUT2D eigenvalue weighted by Gasteiger charge is -2.26. The van der Waals surface area contributed by atoms with Gasteiger partial charge in [-0.05, 0) is 54.5 Å². The number of amides is 2. The third-order valence-electron chi connectivity index (χ3n) is 6.49. The van der Waals surface area contributed by atoms with E-state index in [-0.39, 0.29) is 50.5 Å². The monoisotopic (exact) mass is 650 g/mol. The van der Waals surface area contributed by atoms with Gasteiger partial charge in [-0.15, -0.1) is 10.2 Å². The number of carbonyl (C=O) groups excluding carboxylic acids is 2. The Kier molecular flexibility index (Phi) is 8.31. The molecule has 0 bridgehead atoms. The molecule has 1 aliphatic heterocycles. The lowest BCUT2D eigenvalue weighted by atomic mass is 10.0. The van der Waals surface area contributed by atoms with Crippen LogP contribution in [0.25, 0.3) is 5.82 Å². The number of nitrogens with one attached hydrogen (secondary N) is 2. The third-order valence-corrected chi connectivity index (χ3v) is 8.61. The Hall–Kier alpha value is -4.57. The molecule has 2 amide bonds. The minimum Gasteiger partial charge on any atom is -0.348 e. The number of nitriles is 1. The lowest BCUT2D eigenvalue weighted by Crippen LogP contribution is -2.36. The molecule has 1 aromatic carbocycles. The van der Waals surface area contributed by atoms with Crippen LogP contribution in [0.3, 0.4) is 0 Å². The number of hydrogen-bond acceptors (Lipinski definition) is 10. The normalized spacial score (nSPS) is 16.7. The molecule has 1 atom stereocenters. The summed E-state index contributed by atoms with van der Waals surface area (Å²) in [5.41, 5.74) is 0.422. The van der Waals surface area contributed by atoms with Gasteiger partial charge in [-0.25, -0.2) is 9.67 Å². The maximum absolute atomic E-state index is 13.7. The van der Waals surface area contributed by atoms with Gasteiger partial charge in [0.1, 0.15) is 12.2 Å². The quantitative estimate of drug-likeness (QED) is 0.229. The van der Waals surface area contributed by atoms with Crippen molar-refractivity contribution >= 4 is 39.7 Å². The van der Waals surface area contributed by atoms with Gasteiger partial charge in [0, 0.05) is 18.0 Å². The smallest absolute Gasteiger partial charge is 0.348 e. The van der Waals surface area contributed by atoms with Crippen LogP contribution < -0.4 is 10.6 Å². The first-order chi connectivity index (χ1) is 20.7. The summed E-state index contributed by atoms with van der Waals surface area (Å²) in [6, 6.07) is 8.49. The largest absolute Gasteiger partial charge is 0.455 e. The molecule has 0 radical (unpaired) electrons. The molecular weight excluding hydrogens is 629 g/mol. The summed E-state index contributed by atoms with van der Waals surface area (Å²) >= 11 is 6.31. The molecule has 0 spiro atoms. The van der Waals surface area contributed by atoms with E-state index in [1.54, 1.807) is 13.0 Å². The van der Waals surface area contributed by atoms with Crippen LogP contribution in [0, 0.1) is 18.3 Å². The average molecular weight is 651 g/mol. The summed E-state index contributed by atoms with van der Waals surface area (Å²) in [5.74, 6) is -2.75. The molecule has 4 aromatic rings. The number of pyridine rings is 1. The molecule has 0 aliphatic carbocycles. The molecule has 1 fully saturated rings. The molecule has 19 heteroatoms. The number of alkyl halides is 3. The molecule has 230 valence electrons. The molecule has 4 heterocycles. The van der Waals surface area contributed by atoms with Gasteiger partial charge >= 0.3 is 6.18 Å². The Morgan fingerprint density at radius 1 is 1.23 bits per heavy atom. The van der Waals surface area contributed by atoms with Gasteiger partial charge in [0.15, 0.2) is 5.82 Å². The van der Waals surface area contributed by atoms with E-state index in [0.717, 1.165) is 4.68 Å². The summed E-state index contributed by atoms with van der Waals surface area (Å²) in [6.07, 6.45) is -3.08. The predicted molar refractivity (Wildman–Crippen MR) is 151 cm³/mol. The molecule has 0 saturated carbocycles. The highest BCUT2D eigenvalue weighted by Gasteiger charge is 2.37. The van der Waals surface area contributed by atoms with Crippen LogP contribution in [-0.2, 0) is 12.7 Å². The van der Waals surface area contributed by atoms with Crippen LogP contribution in [0.2, 0.25) is 5.02 Å². The Morgan fingerprint density at radius 3 is 2.64 bits per heavy atom. The van der Waals surface area contributed by atoms with E-state index in [1.807, 2.05) is 6.07 Å². The number of nitrogens with zero attached hydrogens (tertiary/aromatic N) is 8. The standard InChI is InChI=1S/C25H22ClF3N10O4S/c1-13-7-14(10-30)8-17(22(40)32-15-4-6-44(42,43)12-15)20(13)33-23(41)19-9-16(11-38-36-24(34-37-38)25(27,28)29)35-39(19)21-18(26)3-2-5-31-21/h2-3,5,7-9,15,42-43H,4,6,11-12H2,1H3,(H,32,40)(H,33,41). The van der Waals surface area contributed by atoms with E-state index >= 15 is 0 Å². The van der Waals surface area contributed by atoms with E-state index in [0.29, 0.717) is 16.8 Å². The van der Waals surface area contributed by atoms with Crippen LogP contribution in [-0.4, -0.2) is 73.4 Å². The van der Waals surface area contributed by atoms with Gasteiger partial charge in [-0.3, -0.25) is 18.7 Å². The van der Waals surface area contributed by atoms with E-state index in [2.05, 4.69) is 36.1 Å². The topological polar surface area (TPSA) is 197 Å². The zero-order valence-electron chi connectivity index (χ0n) is 22.6. The fourth-order valence-corrected chi connectivity index (χ4v) is 6.43. The van der Waals surface area contributed by atoms with Crippen LogP contribution >= 0.6 is 22.2 Å². The number of tetrazole rings is 1. The highest BCUT2D eigenvalue weighted by atomic mass is 35.5. The number of rotatable bonds is 7. The Balaban J connectivity index is 1.49. The first-order valence-corrected chi connectivity index (χ1v) is 15.0. The van der Waals surface area contributed by atoms with Gasteiger partial charge in [-0.2, -0.15) is 38.9 Å². The minimum absolute atomic E-state index is 0.0186. The van der Waals surface area contributed by atoms with Crippen molar-refractivity contribution in [2.45, 2.75) is 32.1 Å². The van der Waals surface area contributed by atoms with E-state index in [9.17, 15) is 37.1 Å². The van der Waals surface area contributed by atoms with Gasteiger partial charge in [0.25, 0.3) is 17.6 Å². The van der Waals surface area contributed by atoms with Crippen molar-refractivity contribution < 1.29 is 31.9 Å². The van der Waals surface area contributed by atoms with Gasteiger partial charge in [-0.1, -0.05) is 11.6 Å². The first-order valence-electron chi connectivity index (χ1n) is 12.7. The van der Waals surface area contributed by atoms with Crippen molar-refractivity contribution in [2.24, 2.45) is 0 Å². The van der Waals surface area contributed by atoms with E-state index in [1.165, 1.54) is 30.5 Å². The summed E-state index contributed by atoms with van der Waals surface area (Å²) < 4.78 is 59.9. The molecule has 4 N–H and O–H groups in total. The van der Waals surface area contributed by atoms with Gasteiger partial charge in [0.05, 0.1) is 39.4 Å². The fourth-order valence-electron chi connectivity index (χ4n) is 4.50. The first kappa shape index (κ1) is 30.9. The van der Waals surface area contributed by atoms with E-state index < -0.39 is 47.0 Å². The second-order valence-electron chi connectivity index (χ2n) is 9.80. The molecular formula is C25H22ClF3N10O4S. The highest BCUT2D eigenvalue weighted by Crippen LogP contribution is 2.45. The zero-order valence-corrected chi connectivity index (χ0v) is 24.2. The second kappa shape index (κ2) is 11.8. The van der Waals surface area contributed by atoms with Crippen molar-refractivity contribution in [2.75, 3.05) is 16.8 Å². The fraction of sp³-hybridized carbons (Fsp3) is 0.280. The molecule has 3 aromatic heterocycles. The van der Waals surface area contributed by atoms with Crippen LogP contribution in [0.1, 0.15) is 49.9 Å². The molecule has 1 unspecified atom stereocenters. The molecule has 1 saturated heterocycles. The highest BCUT2D eigenvalue weighted by molar-refractivity contribution is 8.24. The van der Waals surface area contributed by atoms with Crippen LogP contribution in [0.15, 0.2) is 36.5 Å². The van der Waals surface area contributed by atoms with Crippen molar-refractivity contribution in [3.05, 3.63) is 75.5 Å². The Labute approximate surface area is 253 Å². The molecule has 44 heavy (non-hydrogen) atoms. The van der Waals surface area contributed by atoms with Crippen LogP contribution in [0.5, 0.6) is 0 Å². The molecule has 14 nitrogen and oxygen atoms in total. The Bertz CT molecular complexity index is 1800. The number of anilines is 1. The van der Waals surface area contributed by atoms with Crippen molar-refractivity contribution in [3.8, 4) is 11.9 Å². The van der Waals surface area contributed by atoms with Gasteiger partial charge < -0.3 is 10.6 Å². The number of benzene rings is 1.